The molecule has 1 atom stereocenters. The van der Waals surface area contributed by atoms with Crippen LogP contribution in [0.15, 0.2) is 67.0 Å². The van der Waals surface area contributed by atoms with Crippen LogP contribution in [-0.2, 0) is 17.8 Å². The van der Waals surface area contributed by atoms with Gasteiger partial charge in [0.2, 0.25) is 5.91 Å². The zero-order chi connectivity index (χ0) is 18.8. The van der Waals surface area contributed by atoms with Gasteiger partial charge in [0, 0.05) is 38.0 Å². The van der Waals surface area contributed by atoms with E-state index in [4.69, 9.17) is 0 Å². The molecule has 2 heterocycles. The normalized spacial score (nSPS) is 15.7. The molecule has 6 heteroatoms. The number of amides is 2. The van der Waals surface area contributed by atoms with E-state index >= 15 is 0 Å². The second-order valence-electron chi connectivity index (χ2n) is 6.70. The van der Waals surface area contributed by atoms with Gasteiger partial charge < -0.3 is 10.2 Å². The van der Waals surface area contributed by atoms with E-state index in [0.29, 0.717) is 18.5 Å². The Bertz CT molecular complexity index is 964. The summed E-state index contributed by atoms with van der Waals surface area (Å²) < 4.78 is 1.79. The average molecular weight is 360 g/mol. The highest BCUT2D eigenvalue weighted by molar-refractivity contribution is 6.00. The van der Waals surface area contributed by atoms with Crippen molar-refractivity contribution in [3.63, 3.8) is 0 Å². The minimum atomic E-state index is -0.527. The van der Waals surface area contributed by atoms with Crippen molar-refractivity contribution in [1.82, 2.24) is 20.0 Å². The molecule has 4 rings (SSSR count). The number of nitrogens with zero attached hydrogens (tertiary/aromatic N) is 3. The summed E-state index contributed by atoms with van der Waals surface area (Å²) in [5.41, 5.74) is 3.55. The van der Waals surface area contributed by atoms with Gasteiger partial charge in [0.25, 0.3) is 5.91 Å². The van der Waals surface area contributed by atoms with Crippen LogP contribution in [0.2, 0.25) is 0 Å². The molecule has 0 aliphatic carbocycles. The van der Waals surface area contributed by atoms with Crippen molar-refractivity contribution in [3.05, 3.63) is 83.7 Å². The number of aromatic nitrogens is 2. The standard InChI is InChI=1S/C21H20N4O2/c1-24(14-15-7-9-17(10-8-15)25-12-4-11-22-25)21(27)19-13-16-5-2-3-6-18(16)20(26)23-19/h2-12,19H,13-14H2,1H3,(H,23,26). The lowest BCUT2D eigenvalue weighted by Crippen LogP contribution is -2.51. The van der Waals surface area contributed by atoms with Crippen LogP contribution in [0, 0.1) is 0 Å². The van der Waals surface area contributed by atoms with Gasteiger partial charge in [-0.25, -0.2) is 4.68 Å². The van der Waals surface area contributed by atoms with Crippen LogP contribution in [0.5, 0.6) is 0 Å². The van der Waals surface area contributed by atoms with Crippen molar-refractivity contribution >= 4 is 11.8 Å². The number of carbonyl (C=O) groups is 2. The predicted molar refractivity (Wildman–Crippen MR) is 101 cm³/mol. The van der Waals surface area contributed by atoms with Crippen LogP contribution in [0.4, 0.5) is 0 Å². The number of likely N-dealkylation sites (N-methyl/N-ethyl adjacent to an activating group) is 1. The third-order valence-electron chi connectivity index (χ3n) is 4.79. The third-order valence-corrected chi connectivity index (χ3v) is 4.79. The molecule has 0 spiro atoms. The lowest BCUT2D eigenvalue weighted by Gasteiger charge is -2.28. The number of rotatable bonds is 4. The molecular weight excluding hydrogens is 340 g/mol. The van der Waals surface area contributed by atoms with Crippen molar-refractivity contribution in [2.45, 2.75) is 19.0 Å². The molecular formula is C21H20N4O2. The van der Waals surface area contributed by atoms with Crippen LogP contribution in [0.3, 0.4) is 0 Å². The first-order valence-corrected chi connectivity index (χ1v) is 8.84. The maximum Gasteiger partial charge on any atom is 0.252 e. The van der Waals surface area contributed by atoms with Crippen LogP contribution in [0.25, 0.3) is 5.69 Å². The van der Waals surface area contributed by atoms with Gasteiger partial charge in [-0.15, -0.1) is 0 Å². The molecule has 3 aromatic rings. The first-order valence-electron chi connectivity index (χ1n) is 8.84. The summed E-state index contributed by atoms with van der Waals surface area (Å²) in [4.78, 5) is 26.7. The van der Waals surface area contributed by atoms with Crippen molar-refractivity contribution in [3.8, 4) is 5.69 Å². The molecule has 6 nitrogen and oxygen atoms in total. The minimum absolute atomic E-state index is 0.0889. The van der Waals surface area contributed by atoms with E-state index in [0.717, 1.165) is 16.8 Å². The monoisotopic (exact) mass is 360 g/mol. The fourth-order valence-electron chi connectivity index (χ4n) is 3.37. The molecule has 2 aromatic carbocycles. The first-order chi connectivity index (χ1) is 13.1. The molecule has 0 saturated carbocycles. The Hall–Kier alpha value is -3.41. The van der Waals surface area contributed by atoms with Crippen LogP contribution in [-0.4, -0.2) is 39.6 Å². The van der Waals surface area contributed by atoms with Gasteiger partial charge in [-0.1, -0.05) is 30.3 Å². The Balaban J connectivity index is 1.43. The van der Waals surface area contributed by atoms with Gasteiger partial charge in [-0.3, -0.25) is 9.59 Å². The fourth-order valence-corrected chi connectivity index (χ4v) is 3.37. The number of benzene rings is 2. The Labute approximate surface area is 157 Å². The molecule has 2 amide bonds. The van der Waals surface area contributed by atoms with E-state index in [1.807, 2.05) is 54.7 Å². The molecule has 1 N–H and O–H groups in total. The summed E-state index contributed by atoms with van der Waals surface area (Å²) >= 11 is 0. The van der Waals surface area contributed by atoms with Crippen molar-refractivity contribution in [1.29, 1.82) is 0 Å². The van der Waals surface area contributed by atoms with E-state index in [1.54, 1.807) is 28.9 Å². The zero-order valence-corrected chi connectivity index (χ0v) is 15.0. The number of nitrogens with one attached hydrogen (secondary N) is 1. The topological polar surface area (TPSA) is 67.2 Å². The van der Waals surface area contributed by atoms with Gasteiger partial charge in [0.05, 0.1) is 5.69 Å². The number of hydrogen-bond donors (Lipinski definition) is 1. The largest absolute Gasteiger partial charge is 0.340 e. The van der Waals surface area contributed by atoms with E-state index in [-0.39, 0.29) is 11.8 Å². The maximum absolute atomic E-state index is 12.8. The van der Waals surface area contributed by atoms with Gasteiger partial charge >= 0.3 is 0 Å². The Morgan fingerprint density at radius 3 is 2.70 bits per heavy atom. The van der Waals surface area contributed by atoms with Gasteiger partial charge in [0.1, 0.15) is 6.04 Å². The Morgan fingerprint density at radius 2 is 1.96 bits per heavy atom. The lowest BCUT2D eigenvalue weighted by atomic mass is 9.94. The predicted octanol–water partition coefficient (Wildman–Crippen LogP) is 2.19. The zero-order valence-electron chi connectivity index (χ0n) is 15.0. The number of hydrogen-bond acceptors (Lipinski definition) is 3. The smallest absolute Gasteiger partial charge is 0.252 e. The summed E-state index contributed by atoms with van der Waals surface area (Å²) in [6.07, 6.45) is 4.13. The maximum atomic E-state index is 12.8. The first kappa shape index (κ1) is 17.0. The molecule has 0 fully saturated rings. The molecule has 0 bridgehead atoms. The molecule has 1 aliphatic rings. The highest BCUT2D eigenvalue weighted by Crippen LogP contribution is 2.18. The van der Waals surface area contributed by atoms with E-state index in [2.05, 4.69) is 10.4 Å². The average Bonchev–Trinajstić information content (AvgIpc) is 3.23. The van der Waals surface area contributed by atoms with Gasteiger partial charge in [0.15, 0.2) is 0 Å². The van der Waals surface area contributed by atoms with Gasteiger partial charge in [-0.05, 0) is 35.4 Å². The third kappa shape index (κ3) is 3.46. The van der Waals surface area contributed by atoms with Crippen molar-refractivity contribution < 1.29 is 9.59 Å². The SMILES string of the molecule is CN(Cc1ccc(-n2cccn2)cc1)C(=O)C1Cc2ccccc2C(=O)N1. The van der Waals surface area contributed by atoms with Crippen LogP contribution in [0.1, 0.15) is 21.5 Å². The lowest BCUT2D eigenvalue weighted by molar-refractivity contribution is -0.132. The molecule has 1 unspecified atom stereocenters. The van der Waals surface area contributed by atoms with Crippen molar-refractivity contribution in [2.75, 3.05) is 7.05 Å². The molecule has 0 saturated heterocycles. The number of carbonyl (C=O) groups excluding carboxylic acids is 2. The van der Waals surface area contributed by atoms with Crippen LogP contribution < -0.4 is 5.32 Å². The Morgan fingerprint density at radius 1 is 1.19 bits per heavy atom. The summed E-state index contributed by atoms with van der Waals surface area (Å²) in [5.74, 6) is -0.277. The quantitative estimate of drug-likeness (QED) is 0.776. The minimum Gasteiger partial charge on any atom is -0.340 e. The molecule has 1 aromatic heterocycles. The summed E-state index contributed by atoms with van der Waals surface area (Å²) in [6, 6.07) is 16.7. The summed E-state index contributed by atoms with van der Waals surface area (Å²) in [5, 5.41) is 7.03. The second-order valence-corrected chi connectivity index (χ2v) is 6.70. The molecule has 1 aliphatic heterocycles. The summed E-state index contributed by atoms with van der Waals surface area (Å²) in [6.45, 7) is 0.478. The molecule has 0 radical (unpaired) electrons. The van der Waals surface area contributed by atoms with Gasteiger partial charge in [-0.2, -0.15) is 5.10 Å². The molecule has 27 heavy (non-hydrogen) atoms. The molecule has 136 valence electrons. The highest BCUT2D eigenvalue weighted by atomic mass is 16.2. The van der Waals surface area contributed by atoms with E-state index < -0.39 is 6.04 Å². The van der Waals surface area contributed by atoms with E-state index in [1.165, 1.54) is 0 Å². The fraction of sp³-hybridized carbons (Fsp3) is 0.190. The van der Waals surface area contributed by atoms with E-state index in [9.17, 15) is 9.59 Å². The summed E-state index contributed by atoms with van der Waals surface area (Å²) in [7, 11) is 1.76. The van der Waals surface area contributed by atoms with Crippen molar-refractivity contribution in [2.24, 2.45) is 0 Å². The second kappa shape index (κ2) is 7.07. The highest BCUT2D eigenvalue weighted by Gasteiger charge is 2.30. The Kier molecular flexibility index (Phi) is 4.46. The van der Waals surface area contributed by atoms with Crippen LogP contribution >= 0.6 is 0 Å². The number of fused-ring (bicyclic) bond motifs is 1.